The van der Waals surface area contributed by atoms with Crippen LogP contribution < -0.4 is 21.2 Å². The third kappa shape index (κ3) is 5.11. The van der Waals surface area contributed by atoms with Crippen molar-refractivity contribution >= 4 is 52.8 Å². The van der Waals surface area contributed by atoms with E-state index in [0.29, 0.717) is 11.1 Å². The summed E-state index contributed by atoms with van der Waals surface area (Å²) in [7, 11) is -0.702. The van der Waals surface area contributed by atoms with Crippen LogP contribution in [0.15, 0.2) is 161 Å². The van der Waals surface area contributed by atoms with Gasteiger partial charge >= 0.3 is 0 Å². The Morgan fingerprint density at radius 3 is 1.71 bits per heavy atom. The van der Waals surface area contributed by atoms with E-state index >= 15 is 0 Å². The Morgan fingerprint density at radius 2 is 1.05 bits per heavy atom. The second kappa shape index (κ2) is 11.2. The Bertz CT molecular complexity index is 1800. The third-order valence-corrected chi connectivity index (χ3v) is 10.8. The number of rotatable bonds is 6. The number of carbonyl (C=O) groups excluding carboxylic acids is 1. The van der Waals surface area contributed by atoms with Gasteiger partial charge in [-0.05, 0) is 47.6 Å². The first-order valence-electron chi connectivity index (χ1n) is 13.6. The molecule has 0 saturated carbocycles. The van der Waals surface area contributed by atoms with Crippen LogP contribution >= 0.6 is 19.7 Å². The number of fused-ring (bicyclic) bond motifs is 2. The van der Waals surface area contributed by atoms with Gasteiger partial charge in [0.25, 0.3) is 0 Å². The largest absolute Gasteiger partial charge is 0.353 e. The number of nitrogens with one attached hydrogen (secondary N) is 1. The standard InChI is InChI=1S/C37H26NOPS/c39-37(28-22-24-31(25-23-28)40(29-10-3-1-4-11-29)30-12-5-2-6-13-30)27-20-18-26(19-21-27)32-14-9-17-35-36(32)38-33-15-7-8-16-34(33)41-35/h1-25,38H. The summed E-state index contributed by atoms with van der Waals surface area (Å²) >= 11 is 1.78. The highest BCUT2D eigenvalue weighted by Crippen LogP contribution is 2.47. The molecule has 0 bridgehead atoms. The van der Waals surface area contributed by atoms with Gasteiger partial charge < -0.3 is 5.32 Å². The second-order valence-corrected chi connectivity index (χ2v) is 13.2. The van der Waals surface area contributed by atoms with Gasteiger partial charge in [0.2, 0.25) is 0 Å². The summed E-state index contributed by atoms with van der Waals surface area (Å²) in [6.07, 6.45) is 0. The first-order chi connectivity index (χ1) is 20.2. The van der Waals surface area contributed by atoms with Gasteiger partial charge in [-0.15, -0.1) is 0 Å². The first-order valence-corrected chi connectivity index (χ1v) is 15.7. The normalized spacial score (nSPS) is 11.8. The van der Waals surface area contributed by atoms with Gasteiger partial charge in [0.05, 0.1) is 11.4 Å². The molecule has 1 aliphatic heterocycles. The molecule has 0 saturated heterocycles. The molecular formula is C37H26NOPS. The van der Waals surface area contributed by atoms with E-state index in [4.69, 9.17) is 0 Å². The van der Waals surface area contributed by atoms with E-state index in [-0.39, 0.29) is 5.78 Å². The summed E-state index contributed by atoms with van der Waals surface area (Å²) in [6, 6.07) is 52.1. The summed E-state index contributed by atoms with van der Waals surface area (Å²) in [4.78, 5) is 15.9. The first kappa shape index (κ1) is 25.5. The predicted octanol–water partition coefficient (Wildman–Crippen LogP) is 8.55. The lowest BCUT2D eigenvalue weighted by molar-refractivity contribution is 0.103. The van der Waals surface area contributed by atoms with Crippen LogP contribution in [-0.2, 0) is 0 Å². The number of carbonyl (C=O) groups is 1. The molecule has 0 atom stereocenters. The number of hydrogen-bond acceptors (Lipinski definition) is 3. The van der Waals surface area contributed by atoms with E-state index in [0.717, 1.165) is 22.5 Å². The maximum atomic E-state index is 13.5. The zero-order valence-electron chi connectivity index (χ0n) is 22.2. The van der Waals surface area contributed by atoms with E-state index in [1.165, 1.54) is 25.7 Å². The number of anilines is 2. The highest BCUT2D eigenvalue weighted by molar-refractivity contribution is 7.99. The van der Waals surface area contributed by atoms with Crippen LogP contribution in [0.25, 0.3) is 11.1 Å². The van der Waals surface area contributed by atoms with Crippen molar-refractivity contribution in [2.45, 2.75) is 9.79 Å². The molecule has 7 rings (SSSR count). The molecule has 0 unspecified atom stereocenters. The molecule has 0 aromatic heterocycles. The quantitative estimate of drug-likeness (QED) is 0.162. The summed E-state index contributed by atoms with van der Waals surface area (Å²) in [5.41, 5.74) is 5.83. The SMILES string of the molecule is O=C(c1ccc(-c2cccc3c2Nc2ccccc2S3)cc1)c1ccc(P(c2ccccc2)c2ccccc2)cc1. The minimum Gasteiger partial charge on any atom is -0.353 e. The van der Waals surface area contributed by atoms with E-state index in [1.54, 1.807) is 11.8 Å². The lowest BCUT2D eigenvalue weighted by atomic mass is 9.98. The zero-order valence-corrected chi connectivity index (χ0v) is 23.9. The fourth-order valence-electron chi connectivity index (χ4n) is 5.23. The van der Waals surface area contributed by atoms with Crippen LogP contribution in [0, 0.1) is 0 Å². The van der Waals surface area contributed by atoms with Gasteiger partial charge in [0, 0.05) is 26.5 Å². The summed E-state index contributed by atoms with van der Waals surface area (Å²) in [5, 5.41) is 7.44. The number of ketones is 1. The summed E-state index contributed by atoms with van der Waals surface area (Å²) in [6.45, 7) is 0. The highest BCUT2D eigenvalue weighted by atomic mass is 32.2. The van der Waals surface area contributed by atoms with Gasteiger partial charge in [-0.3, -0.25) is 4.79 Å². The summed E-state index contributed by atoms with van der Waals surface area (Å²) in [5.74, 6) is 0.0320. The minimum atomic E-state index is -0.702. The lowest BCUT2D eigenvalue weighted by Gasteiger charge is -2.23. The van der Waals surface area contributed by atoms with Crippen LogP contribution in [0.5, 0.6) is 0 Å². The van der Waals surface area contributed by atoms with Crippen molar-refractivity contribution < 1.29 is 4.79 Å². The van der Waals surface area contributed by atoms with Crippen LogP contribution in [0.2, 0.25) is 0 Å². The van der Waals surface area contributed by atoms with Gasteiger partial charge in [-0.1, -0.05) is 145 Å². The lowest BCUT2D eigenvalue weighted by Crippen LogP contribution is -2.20. The minimum absolute atomic E-state index is 0.0320. The summed E-state index contributed by atoms with van der Waals surface area (Å²) < 4.78 is 0. The molecular weight excluding hydrogens is 537 g/mol. The topological polar surface area (TPSA) is 29.1 Å². The van der Waals surface area contributed by atoms with Crippen molar-refractivity contribution in [2.75, 3.05) is 5.32 Å². The van der Waals surface area contributed by atoms with E-state index in [9.17, 15) is 4.79 Å². The monoisotopic (exact) mass is 563 g/mol. The molecule has 2 nitrogen and oxygen atoms in total. The molecule has 1 aliphatic rings. The molecule has 0 radical (unpaired) electrons. The zero-order chi connectivity index (χ0) is 27.6. The van der Waals surface area contributed by atoms with Crippen molar-refractivity contribution in [1.82, 2.24) is 0 Å². The predicted molar refractivity (Wildman–Crippen MR) is 174 cm³/mol. The van der Waals surface area contributed by atoms with Crippen molar-refractivity contribution in [3.05, 3.63) is 163 Å². The molecule has 4 heteroatoms. The van der Waals surface area contributed by atoms with Crippen molar-refractivity contribution in [2.24, 2.45) is 0 Å². The number of hydrogen-bond donors (Lipinski definition) is 1. The second-order valence-electron chi connectivity index (χ2n) is 9.86. The Balaban J connectivity index is 1.14. The number of para-hydroxylation sites is 2. The van der Waals surface area contributed by atoms with E-state index in [1.807, 2.05) is 36.4 Å². The molecule has 0 fully saturated rings. The van der Waals surface area contributed by atoms with Crippen molar-refractivity contribution in [3.63, 3.8) is 0 Å². The van der Waals surface area contributed by atoms with Crippen LogP contribution in [0.4, 0.5) is 11.4 Å². The van der Waals surface area contributed by atoms with Crippen LogP contribution in [0.1, 0.15) is 15.9 Å². The smallest absolute Gasteiger partial charge is 0.193 e. The molecule has 1 N–H and O–H groups in total. The van der Waals surface area contributed by atoms with Gasteiger partial charge in [0.15, 0.2) is 5.78 Å². The molecule has 0 spiro atoms. The van der Waals surface area contributed by atoms with Gasteiger partial charge in [-0.25, -0.2) is 0 Å². The molecule has 1 heterocycles. The molecule has 6 aromatic carbocycles. The molecule has 6 aromatic rings. The average molecular weight is 564 g/mol. The van der Waals surface area contributed by atoms with Crippen LogP contribution in [-0.4, -0.2) is 5.78 Å². The average Bonchev–Trinajstić information content (AvgIpc) is 3.05. The number of benzene rings is 6. The highest BCUT2D eigenvalue weighted by Gasteiger charge is 2.20. The van der Waals surface area contributed by atoms with Crippen molar-refractivity contribution in [3.8, 4) is 11.1 Å². The fraction of sp³-hybridized carbons (Fsp3) is 0. The van der Waals surface area contributed by atoms with Crippen molar-refractivity contribution in [1.29, 1.82) is 0 Å². The van der Waals surface area contributed by atoms with Gasteiger partial charge in [-0.2, -0.15) is 0 Å². The van der Waals surface area contributed by atoms with E-state index < -0.39 is 7.92 Å². The van der Waals surface area contributed by atoms with Crippen LogP contribution in [0.3, 0.4) is 0 Å². The fourth-order valence-corrected chi connectivity index (χ4v) is 8.53. The Labute approximate surface area is 245 Å². The molecule has 0 aliphatic carbocycles. The Morgan fingerprint density at radius 1 is 0.512 bits per heavy atom. The third-order valence-electron chi connectivity index (χ3n) is 7.27. The molecule has 41 heavy (non-hydrogen) atoms. The Hall–Kier alpha value is -4.43. The van der Waals surface area contributed by atoms with Gasteiger partial charge in [0.1, 0.15) is 0 Å². The Kier molecular flexibility index (Phi) is 6.98. The van der Waals surface area contributed by atoms with E-state index in [2.05, 4.69) is 121 Å². The molecule has 196 valence electrons. The maximum Gasteiger partial charge on any atom is 0.193 e. The molecule has 0 amide bonds. The maximum absolute atomic E-state index is 13.5.